The minimum Gasteiger partial charge on any atom is -0.392 e. The van der Waals surface area contributed by atoms with Crippen LogP contribution < -0.4 is 10.6 Å². The third-order valence-corrected chi connectivity index (χ3v) is 3.54. The lowest BCUT2D eigenvalue weighted by Gasteiger charge is -2.28. The molecule has 0 bridgehead atoms. The minimum atomic E-state index is -0.273. The van der Waals surface area contributed by atoms with E-state index in [2.05, 4.69) is 10.6 Å². The summed E-state index contributed by atoms with van der Waals surface area (Å²) in [6, 6.07) is 0.112. The van der Waals surface area contributed by atoms with Crippen LogP contribution in [0.5, 0.6) is 0 Å². The van der Waals surface area contributed by atoms with E-state index in [-0.39, 0.29) is 18.1 Å². The van der Waals surface area contributed by atoms with Crippen LogP contribution in [0.3, 0.4) is 0 Å². The summed E-state index contributed by atoms with van der Waals surface area (Å²) in [4.78, 5) is 11.5. The van der Waals surface area contributed by atoms with Gasteiger partial charge in [0.05, 0.1) is 12.6 Å². The second kappa shape index (κ2) is 5.64. The molecule has 0 aromatic rings. The fourth-order valence-corrected chi connectivity index (χ4v) is 2.22. The van der Waals surface area contributed by atoms with Crippen molar-refractivity contribution in [3.05, 3.63) is 0 Å². The molecule has 0 aliphatic heterocycles. The summed E-state index contributed by atoms with van der Waals surface area (Å²) in [5.41, 5.74) is 0. The molecule has 92 valence electrons. The van der Waals surface area contributed by atoms with Crippen LogP contribution in [0.1, 0.15) is 38.5 Å². The van der Waals surface area contributed by atoms with E-state index in [1.54, 1.807) is 0 Å². The van der Waals surface area contributed by atoms with Crippen molar-refractivity contribution in [1.82, 2.24) is 10.6 Å². The monoisotopic (exact) mass is 226 g/mol. The Morgan fingerprint density at radius 1 is 1.19 bits per heavy atom. The third-order valence-electron chi connectivity index (χ3n) is 3.54. The Bertz CT molecular complexity index is 241. The van der Waals surface area contributed by atoms with Gasteiger partial charge in [0.1, 0.15) is 0 Å². The van der Waals surface area contributed by atoms with Crippen molar-refractivity contribution in [2.24, 2.45) is 5.92 Å². The van der Waals surface area contributed by atoms with Crippen LogP contribution in [0.25, 0.3) is 0 Å². The Morgan fingerprint density at radius 2 is 1.94 bits per heavy atom. The topological polar surface area (TPSA) is 61.4 Å². The summed E-state index contributed by atoms with van der Waals surface area (Å²) in [7, 11) is 0. The maximum absolute atomic E-state index is 11.5. The molecule has 0 heterocycles. The van der Waals surface area contributed by atoms with E-state index in [1.807, 2.05) is 0 Å². The molecule has 2 fully saturated rings. The summed E-state index contributed by atoms with van der Waals surface area (Å²) in [5, 5.41) is 15.8. The molecule has 2 atom stereocenters. The van der Waals surface area contributed by atoms with Crippen LogP contribution >= 0.6 is 0 Å². The van der Waals surface area contributed by atoms with Crippen LogP contribution in [-0.2, 0) is 4.79 Å². The van der Waals surface area contributed by atoms with Gasteiger partial charge in [0.2, 0.25) is 5.91 Å². The molecule has 0 spiro atoms. The number of hydrogen-bond acceptors (Lipinski definition) is 3. The van der Waals surface area contributed by atoms with E-state index in [1.165, 1.54) is 12.8 Å². The molecule has 2 saturated carbocycles. The molecule has 2 rings (SSSR count). The quantitative estimate of drug-likeness (QED) is 0.636. The van der Waals surface area contributed by atoms with Crippen molar-refractivity contribution in [2.45, 2.75) is 50.7 Å². The van der Waals surface area contributed by atoms with Gasteiger partial charge in [-0.25, -0.2) is 0 Å². The number of rotatable bonds is 5. The molecule has 4 heteroatoms. The highest BCUT2D eigenvalue weighted by molar-refractivity contribution is 5.78. The highest BCUT2D eigenvalue weighted by Gasteiger charge is 2.24. The van der Waals surface area contributed by atoms with Gasteiger partial charge in [-0.1, -0.05) is 12.8 Å². The van der Waals surface area contributed by atoms with Gasteiger partial charge >= 0.3 is 0 Å². The van der Waals surface area contributed by atoms with Crippen molar-refractivity contribution in [3.63, 3.8) is 0 Å². The molecule has 2 unspecified atom stereocenters. The van der Waals surface area contributed by atoms with E-state index in [0.29, 0.717) is 6.54 Å². The molecule has 3 N–H and O–H groups in total. The maximum Gasteiger partial charge on any atom is 0.233 e. The zero-order valence-corrected chi connectivity index (χ0v) is 9.74. The number of hydrogen-bond donors (Lipinski definition) is 3. The SMILES string of the molecule is O=C(CNC1CCCCC1O)NCC1CC1. The van der Waals surface area contributed by atoms with E-state index in [0.717, 1.165) is 38.1 Å². The number of aliphatic hydroxyl groups is 1. The molecule has 0 aromatic carbocycles. The number of carbonyl (C=O) groups is 1. The maximum atomic E-state index is 11.5. The zero-order valence-electron chi connectivity index (χ0n) is 9.74. The second-order valence-electron chi connectivity index (χ2n) is 5.09. The molecule has 1 amide bonds. The zero-order chi connectivity index (χ0) is 11.4. The average Bonchev–Trinajstić information content (AvgIpc) is 3.09. The van der Waals surface area contributed by atoms with E-state index in [4.69, 9.17) is 0 Å². The summed E-state index contributed by atoms with van der Waals surface area (Å²) in [6.45, 7) is 1.17. The van der Waals surface area contributed by atoms with Crippen molar-refractivity contribution in [1.29, 1.82) is 0 Å². The lowest BCUT2D eigenvalue weighted by atomic mass is 9.93. The van der Waals surface area contributed by atoms with Crippen LogP contribution in [0.2, 0.25) is 0 Å². The number of nitrogens with one attached hydrogen (secondary N) is 2. The van der Waals surface area contributed by atoms with Gasteiger partial charge in [0, 0.05) is 12.6 Å². The normalized spacial score (nSPS) is 30.1. The molecular weight excluding hydrogens is 204 g/mol. The van der Waals surface area contributed by atoms with Crippen LogP contribution in [-0.4, -0.2) is 36.2 Å². The van der Waals surface area contributed by atoms with E-state index >= 15 is 0 Å². The predicted octanol–water partition coefficient (Wildman–Crippen LogP) is 0.406. The van der Waals surface area contributed by atoms with Gasteiger partial charge < -0.3 is 15.7 Å². The summed E-state index contributed by atoms with van der Waals surface area (Å²) in [6.07, 6.45) is 6.35. The van der Waals surface area contributed by atoms with Gasteiger partial charge in [-0.15, -0.1) is 0 Å². The first kappa shape index (κ1) is 11.9. The summed E-state index contributed by atoms with van der Waals surface area (Å²) in [5.74, 6) is 0.786. The molecule has 4 nitrogen and oxygen atoms in total. The Labute approximate surface area is 96.8 Å². The molecule has 0 saturated heterocycles. The average molecular weight is 226 g/mol. The van der Waals surface area contributed by atoms with Gasteiger partial charge in [0.25, 0.3) is 0 Å². The number of carbonyl (C=O) groups excluding carboxylic acids is 1. The minimum absolute atomic E-state index is 0.0599. The standard InChI is InChI=1S/C12H22N2O2/c15-11-4-2-1-3-10(11)13-8-12(16)14-7-9-5-6-9/h9-11,13,15H,1-8H2,(H,14,16). The predicted molar refractivity (Wildman–Crippen MR) is 62.0 cm³/mol. The van der Waals surface area contributed by atoms with Crippen LogP contribution in [0.15, 0.2) is 0 Å². The van der Waals surface area contributed by atoms with E-state index < -0.39 is 0 Å². The lowest BCUT2D eigenvalue weighted by molar-refractivity contribution is -0.120. The van der Waals surface area contributed by atoms with Crippen molar-refractivity contribution >= 4 is 5.91 Å². The van der Waals surface area contributed by atoms with Crippen LogP contribution in [0, 0.1) is 5.92 Å². The molecular formula is C12H22N2O2. The van der Waals surface area contributed by atoms with Gasteiger partial charge in [-0.05, 0) is 31.6 Å². The largest absolute Gasteiger partial charge is 0.392 e. The molecule has 2 aliphatic rings. The van der Waals surface area contributed by atoms with Crippen molar-refractivity contribution in [2.75, 3.05) is 13.1 Å². The number of amides is 1. The lowest BCUT2D eigenvalue weighted by Crippen LogP contribution is -2.46. The highest BCUT2D eigenvalue weighted by atomic mass is 16.3. The number of aliphatic hydroxyl groups excluding tert-OH is 1. The van der Waals surface area contributed by atoms with Gasteiger partial charge in [-0.3, -0.25) is 4.79 Å². The fourth-order valence-electron chi connectivity index (χ4n) is 2.22. The highest BCUT2D eigenvalue weighted by Crippen LogP contribution is 2.27. The van der Waals surface area contributed by atoms with Crippen molar-refractivity contribution < 1.29 is 9.90 Å². The van der Waals surface area contributed by atoms with Crippen molar-refractivity contribution in [3.8, 4) is 0 Å². The van der Waals surface area contributed by atoms with Gasteiger partial charge in [-0.2, -0.15) is 0 Å². The fraction of sp³-hybridized carbons (Fsp3) is 0.917. The molecule has 16 heavy (non-hydrogen) atoms. The Kier molecular flexibility index (Phi) is 4.18. The Balaban J connectivity index is 1.59. The molecule has 0 aromatic heterocycles. The first-order chi connectivity index (χ1) is 7.75. The summed E-state index contributed by atoms with van der Waals surface area (Å²) < 4.78 is 0. The first-order valence-corrected chi connectivity index (χ1v) is 6.44. The summed E-state index contributed by atoms with van der Waals surface area (Å²) >= 11 is 0. The third kappa shape index (κ3) is 3.76. The first-order valence-electron chi connectivity index (χ1n) is 6.44. The van der Waals surface area contributed by atoms with Crippen LogP contribution in [0.4, 0.5) is 0 Å². The van der Waals surface area contributed by atoms with E-state index in [9.17, 15) is 9.90 Å². The Morgan fingerprint density at radius 3 is 2.62 bits per heavy atom. The molecule has 0 radical (unpaired) electrons. The smallest absolute Gasteiger partial charge is 0.233 e. The Hall–Kier alpha value is -0.610. The second-order valence-corrected chi connectivity index (χ2v) is 5.09. The van der Waals surface area contributed by atoms with Gasteiger partial charge in [0.15, 0.2) is 0 Å². The molecule has 2 aliphatic carbocycles.